The molecule has 1 atom stereocenters. The molecule has 0 aliphatic carbocycles. The molecule has 1 saturated heterocycles. The van der Waals surface area contributed by atoms with Gasteiger partial charge in [-0.25, -0.2) is 18.3 Å². The summed E-state index contributed by atoms with van der Waals surface area (Å²) in [5.41, 5.74) is 2.32. The van der Waals surface area contributed by atoms with Crippen LogP contribution in [0.5, 0.6) is 0 Å². The van der Waals surface area contributed by atoms with Gasteiger partial charge in [-0.15, -0.1) is 0 Å². The number of nitrogens with zero attached hydrogens (tertiary/aromatic N) is 2. The van der Waals surface area contributed by atoms with Gasteiger partial charge in [0.1, 0.15) is 11.4 Å². The first-order valence-corrected chi connectivity index (χ1v) is 12.6. The van der Waals surface area contributed by atoms with Crippen molar-refractivity contribution in [1.82, 2.24) is 15.3 Å². The summed E-state index contributed by atoms with van der Waals surface area (Å²) in [7, 11) is -3.86. The molecule has 2 aromatic carbocycles. The number of benzene rings is 2. The number of sulfone groups is 1. The predicted molar refractivity (Wildman–Crippen MR) is 125 cm³/mol. The van der Waals surface area contributed by atoms with Gasteiger partial charge >= 0.3 is 0 Å². The van der Waals surface area contributed by atoms with Crippen molar-refractivity contribution in [3.05, 3.63) is 65.1 Å². The molecular weight excluding hydrogens is 477 g/mol. The molecule has 1 amide bonds. The highest BCUT2D eigenvalue weighted by Crippen LogP contribution is 2.29. The normalized spacial score (nSPS) is 16.6. The molecule has 35 heavy (non-hydrogen) atoms. The summed E-state index contributed by atoms with van der Waals surface area (Å²) in [6.45, 7) is 1.70. The predicted octanol–water partition coefficient (Wildman–Crippen LogP) is 1.49. The Kier molecular flexibility index (Phi) is 6.42. The smallest absolute Gasteiger partial charge is 0.264 e. The Morgan fingerprint density at radius 2 is 1.94 bits per heavy atom. The number of carbonyl (C=O) groups excluding carboxylic acids is 1. The number of hydroxylamine groups is 1. The number of aromatic nitrogens is 2. The van der Waals surface area contributed by atoms with E-state index in [1.54, 1.807) is 30.3 Å². The fourth-order valence-corrected chi connectivity index (χ4v) is 4.54. The minimum Gasteiger partial charge on any atom is -0.380 e. The van der Waals surface area contributed by atoms with E-state index in [0.29, 0.717) is 11.1 Å². The Bertz CT molecular complexity index is 1450. The molecule has 9 nitrogen and oxygen atoms in total. The largest absolute Gasteiger partial charge is 0.380 e. The van der Waals surface area contributed by atoms with Crippen molar-refractivity contribution in [3.63, 3.8) is 0 Å². The standard InChI is InChI=1S/C24H24FN3O6S/c1-23(22(29)27-31,35(2,32)33)11-12-28-13-19-20(26-28)10-7-17(21(19)25)6-3-16-4-8-18(9-5-16)24(30)14-34-15-24/h4-5,7-10,13,30-31H,11-12,14-15H2,1-2H3,(H,27,29)/t23-/m1/s1. The topological polar surface area (TPSA) is 131 Å². The lowest BCUT2D eigenvalue weighted by molar-refractivity contribution is -0.184. The monoisotopic (exact) mass is 501 g/mol. The van der Waals surface area contributed by atoms with Crippen LogP contribution in [-0.2, 0) is 31.5 Å². The first-order valence-electron chi connectivity index (χ1n) is 10.7. The summed E-state index contributed by atoms with van der Waals surface area (Å²) < 4.78 is 43.9. The second-order valence-corrected chi connectivity index (χ2v) is 11.2. The van der Waals surface area contributed by atoms with Gasteiger partial charge in [0.05, 0.1) is 29.7 Å². The van der Waals surface area contributed by atoms with Crippen LogP contribution in [0.3, 0.4) is 0 Å². The van der Waals surface area contributed by atoms with E-state index >= 15 is 4.39 Å². The number of ether oxygens (including phenoxy) is 1. The second-order valence-electron chi connectivity index (χ2n) is 8.80. The molecule has 1 fully saturated rings. The van der Waals surface area contributed by atoms with Crippen molar-refractivity contribution in [3.8, 4) is 11.8 Å². The van der Waals surface area contributed by atoms with E-state index in [9.17, 15) is 18.3 Å². The van der Waals surface area contributed by atoms with E-state index in [1.807, 2.05) is 0 Å². The van der Waals surface area contributed by atoms with Crippen LogP contribution in [0.4, 0.5) is 4.39 Å². The number of hydrogen-bond acceptors (Lipinski definition) is 7. The van der Waals surface area contributed by atoms with Crippen molar-refractivity contribution >= 4 is 26.6 Å². The highest BCUT2D eigenvalue weighted by atomic mass is 32.2. The fourth-order valence-electron chi connectivity index (χ4n) is 3.70. The first-order chi connectivity index (χ1) is 16.5. The minimum atomic E-state index is -3.86. The first kappa shape index (κ1) is 24.8. The van der Waals surface area contributed by atoms with E-state index in [1.165, 1.54) is 29.3 Å². The summed E-state index contributed by atoms with van der Waals surface area (Å²) in [4.78, 5) is 12.0. The van der Waals surface area contributed by atoms with Gasteiger partial charge in [-0.1, -0.05) is 24.0 Å². The number of carbonyl (C=O) groups is 1. The summed E-state index contributed by atoms with van der Waals surface area (Å²) in [6.07, 6.45) is 2.15. The number of fused-ring (bicyclic) bond motifs is 1. The molecule has 0 spiro atoms. The Balaban J connectivity index is 1.54. The number of rotatable bonds is 6. The van der Waals surface area contributed by atoms with E-state index in [2.05, 4.69) is 16.9 Å². The summed E-state index contributed by atoms with van der Waals surface area (Å²) >= 11 is 0. The lowest BCUT2D eigenvalue weighted by Gasteiger charge is -2.36. The maximum atomic E-state index is 15.1. The fraction of sp³-hybridized carbons (Fsp3) is 0.333. The summed E-state index contributed by atoms with van der Waals surface area (Å²) in [5, 5.41) is 23.7. The third kappa shape index (κ3) is 4.66. The molecule has 0 unspecified atom stereocenters. The van der Waals surface area contributed by atoms with E-state index in [4.69, 9.17) is 9.94 Å². The molecule has 1 aliphatic heterocycles. The lowest BCUT2D eigenvalue weighted by atomic mass is 9.91. The second kappa shape index (κ2) is 9.05. The zero-order valence-corrected chi connectivity index (χ0v) is 19.9. The van der Waals surface area contributed by atoms with Gasteiger partial charge in [-0.05, 0) is 43.2 Å². The van der Waals surface area contributed by atoms with Gasteiger partial charge < -0.3 is 9.84 Å². The van der Waals surface area contributed by atoms with E-state index in [0.717, 1.165) is 11.8 Å². The Labute approximate surface area is 201 Å². The van der Waals surface area contributed by atoms with Gasteiger partial charge in [0.15, 0.2) is 14.6 Å². The number of amides is 1. The molecule has 11 heteroatoms. The molecule has 3 aromatic rings. The maximum absolute atomic E-state index is 15.1. The molecule has 2 heterocycles. The van der Waals surface area contributed by atoms with Gasteiger partial charge in [0.25, 0.3) is 5.91 Å². The number of hydrogen-bond donors (Lipinski definition) is 3. The molecule has 184 valence electrons. The average molecular weight is 502 g/mol. The molecule has 0 bridgehead atoms. The van der Waals surface area contributed by atoms with Gasteiger partial charge in [-0.3, -0.25) is 14.7 Å². The van der Waals surface area contributed by atoms with Crippen LogP contribution < -0.4 is 5.48 Å². The van der Waals surface area contributed by atoms with Crippen molar-refractivity contribution in [1.29, 1.82) is 0 Å². The van der Waals surface area contributed by atoms with Crippen LogP contribution in [0.2, 0.25) is 0 Å². The molecule has 1 aliphatic rings. The molecule has 3 N–H and O–H groups in total. The number of aliphatic hydroxyl groups is 1. The Hall–Kier alpha value is -3.30. The Morgan fingerprint density at radius 3 is 2.51 bits per heavy atom. The highest BCUT2D eigenvalue weighted by Gasteiger charge is 2.43. The lowest BCUT2D eigenvalue weighted by Crippen LogP contribution is -2.49. The number of nitrogens with one attached hydrogen (secondary N) is 1. The molecule has 0 saturated carbocycles. The zero-order chi connectivity index (χ0) is 25.4. The Morgan fingerprint density at radius 1 is 1.26 bits per heavy atom. The summed E-state index contributed by atoms with van der Waals surface area (Å²) in [6, 6.07) is 10.1. The molecule has 1 aromatic heterocycles. The molecular formula is C24H24FN3O6S. The van der Waals surface area contributed by atoms with E-state index < -0.39 is 31.9 Å². The third-order valence-electron chi connectivity index (χ3n) is 6.33. The van der Waals surface area contributed by atoms with Crippen molar-refractivity contribution in [2.24, 2.45) is 0 Å². The van der Waals surface area contributed by atoms with Crippen molar-refractivity contribution < 1.29 is 32.7 Å². The quantitative estimate of drug-likeness (QED) is 0.265. The SMILES string of the molecule is C[C@@](CCn1cc2c(F)c(C#Cc3ccc(C4(O)COC4)cc3)ccc2n1)(C(=O)NO)S(C)(=O)=O. The van der Waals surface area contributed by atoms with Crippen LogP contribution in [0.1, 0.15) is 30.0 Å². The van der Waals surface area contributed by atoms with Crippen LogP contribution in [0, 0.1) is 17.7 Å². The van der Waals surface area contributed by atoms with Gasteiger partial charge in [0, 0.05) is 24.6 Å². The van der Waals surface area contributed by atoms with Gasteiger partial charge in [0.2, 0.25) is 0 Å². The van der Waals surface area contributed by atoms with E-state index in [-0.39, 0.29) is 37.1 Å². The molecule has 0 radical (unpaired) electrons. The third-order valence-corrected chi connectivity index (χ3v) is 8.36. The molecule has 4 rings (SSSR count). The number of aryl methyl sites for hydroxylation is 1. The zero-order valence-electron chi connectivity index (χ0n) is 19.1. The summed E-state index contributed by atoms with van der Waals surface area (Å²) in [5.74, 6) is 4.09. The average Bonchev–Trinajstić information content (AvgIpc) is 3.23. The highest BCUT2D eigenvalue weighted by molar-refractivity contribution is 7.92. The van der Waals surface area contributed by atoms with Crippen LogP contribution in [0.15, 0.2) is 42.6 Å². The van der Waals surface area contributed by atoms with Gasteiger partial charge in [-0.2, -0.15) is 5.10 Å². The maximum Gasteiger partial charge on any atom is 0.264 e. The van der Waals surface area contributed by atoms with Crippen LogP contribution in [0.25, 0.3) is 10.9 Å². The van der Waals surface area contributed by atoms with Crippen molar-refractivity contribution in [2.45, 2.75) is 30.2 Å². The number of halogens is 1. The van der Waals surface area contributed by atoms with Crippen LogP contribution >= 0.6 is 0 Å². The van der Waals surface area contributed by atoms with Crippen LogP contribution in [-0.4, -0.2) is 58.6 Å². The minimum absolute atomic E-state index is 0.00411. The van der Waals surface area contributed by atoms with Crippen molar-refractivity contribution in [2.75, 3.05) is 19.5 Å².